The van der Waals surface area contributed by atoms with Crippen molar-refractivity contribution in [3.63, 3.8) is 0 Å². The molecule has 0 spiro atoms. The number of ether oxygens (including phenoxy) is 2. The number of piperazine rings is 1. The van der Waals surface area contributed by atoms with Crippen molar-refractivity contribution in [3.8, 4) is 0 Å². The average Bonchev–Trinajstić information content (AvgIpc) is 3.15. The normalized spacial score (nSPS) is 14.1. The van der Waals surface area contributed by atoms with Crippen LogP contribution in [-0.2, 0) is 19.1 Å². The Morgan fingerprint density at radius 1 is 1.30 bits per heavy atom. The number of rotatable bonds is 9. The van der Waals surface area contributed by atoms with Gasteiger partial charge in [-0.1, -0.05) is 6.58 Å². The van der Waals surface area contributed by atoms with Gasteiger partial charge in [-0.05, 0) is 0 Å². The van der Waals surface area contributed by atoms with Crippen molar-refractivity contribution in [2.45, 2.75) is 0 Å². The van der Waals surface area contributed by atoms with Gasteiger partial charge in [0.2, 0.25) is 5.91 Å². The van der Waals surface area contributed by atoms with Crippen molar-refractivity contribution in [1.29, 1.82) is 0 Å². The smallest absolute Gasteiger partial charge is 0.275 e. The number of anilines is 1. The maximum atomic E-state index is 12.1. The van der Waals surface area contributed by atoms with E-state index in [4.69, 9.17) is 15.2 Å². The fourth-order valence-corrected chi connectivity index (χ4v) is 3.18. The average molecular weight is 397 g/mol. The van der Waals surface area contributed by atoms with E-state index in [1.807, 2.05) is 4.90 Å². The van der Waals surface area contributed by atoms with Gasteiger partial charge in [0.15, 0.2) is 5.13 Å². The molecule has 3 amide bonds. The van der Waals surface area contributed by atoms with Crippen LogP contribution >= 0.6 is 11.3 Å². The Labute approximate surface area is 160 Å². The number of nitrogens with two attached hydrogens (primary N) is 1. The summed E-state index contributed by atoms with van der Waals surface area (Å²) in [6, 6.07) is 0. The molecular formula is C16H23N5O5S. The Hall–Kier alpha value is -2.50. The maximum absolute atomic E-state index is 12.1. The third kappa shape index (κ3) is 6.01. The van der Waals surface area contributed by atoms with E-state index in [0.29, 0.717) is 44.5 Å². The van der Waals surface area contributed by atoms with E-state index in [0.717, 1.165) is 0 Å². The number of carbonyl (C=O) groups is 3. The summed E-state index contributed by atoms with van der Waals surface area (Å²) in [5, 5.41) is 4.58. The molecule has 10 nitrogen and oxygen atoms in total. The summed E-state index contributed by atoms with van der Waals surface area (Å²) in [5.74, 6) is -1.40. The number of aromatic nitrogens is 1. The minimum atomic E-state index is -0.800. The molecule has 0 aromatic carbocycles. The molecule has 1 saturated heterocycles. The first-order valence-electron chi connectivity index (χ1n) is 8.27. The molecule has 1 aromatic heterocycles. The number of hydrogen-bond acceptors (Lipinski definition) is 8. The molecule has 0 radical (unpaired) electrons. The van der Waals surface area contributed by atoms with Crippen molar-refractivity contribution < 1.29 is 23.9 Å². The van der Waals surface area contributed by atoms with E-state index in [1.165, 1.54) is 11.3 Å². The summed E-state index contributed by atoms with van der Waals surface area (Å²) in [5.41, 5.74) is 5.04. The van der Waals surface area contributed by atoms with Gasteiger partial charge in [-0.25, -0.2) is 4.98 Å². The predicted octanol–water partition coefficient (Wildman–Crippen LogP) is -0.816. The van der Waals surface area contributed by atoms with Crippen molar-refractivity contribution in [2.75, 3.05) is 58.0 Å². The van der Waals surface area contributed by atoms with Crippen LogP contribution in [0.15, 0.2) is 17.7 Å². The molecule has 3 N–H and O–H groups in total. The van der Waals surface area contributed by atoms with E-state index in [9.17, 15) is 14.4 Å². The summed E-state index contributed by atoms with van der Waals surface area (Å²) in [7, 11) is 1.58. The summed E-state index contributed by atoms with van der Waals surface area (Å²) in [4.78, 5) is 43.1. The molecule has 1 fully saturated rings. The first-order valence-corrected chi connectivity index (χ1v) is 9.15. The van der Waals surface area contributed by atoms with Gasteiger partial charge < -0.3 is 30.3 Å². The van der Waals surface area contributed by atoms with E-state index in [2.05, 4.69) is 16.9 Å². The third-order valence-corrected chi connectivity index (χ3v) is 4.75. The van der Waals surface area contributed by atoms with E-state index >= 15 is 0 Å². The first-order chi connectivity index (χ1) is 12.9. The topological polar surface area (TPSA) is 127 Å². The Balaban J connectivity index is 1.82. The van der Waals surface area contributed by atoms with Crippen LogP contribution in [-0.4, -0.2) is 80.7 Å². The second-order valence-electron chi connectivity index (χ2n) is 5.73. The quantitative estimate of drug-likeness (QED) is 0.412. The van der Waals surface area contributed by atoms with Gasteiger partial charge in [0, 0.05) is 38.7 Å². The van der Waals surface area contributed by atoms with Crippen LogP contribution in [0.1, 0.15) is 10.5 Å². The van der Waals surface area contributed by atoms with Crippen LogP contribution in [0.2, 0.25) is 0 Å². The van der Waals surface area contributed by atoms with Gasteiger partial charge in [-0.2, -0.15) is 0 Å². The fourth-order valence-electron chi connectivity index (χ4n) is 2.32. The number of carbonyl (C=O) groups excluding carboxylic acids is 3. The molecule has 2 rings (SSSR count). The number of thiazole rings is 1. The zero-order chi connectivity index (χ0) is 19.8. The Morgan fingerprint density at radius 2 is 2.00 bits per heavy atom. The molecule has 27 heavy (non-hydrogen) atoms. The molecule has 0 bridgehead atoms. The van der Waals surface area contributed by atoms with Gasteiger partial charge in [-0.15, -0.1) is 11.3 Å². The predicted molar refractivity (Wildman–Crippen MR) is 99.4 cm³/mol. The number of amides is 3. The lowest BCUT2D eigenvalue weighted by Gasteiger charge is -2.34. The second kappa shape index (κ2) is 10.00. The highest BCUT2D eigenvalue weighted by Crippen LogP contribution is 2.22. The standard InChI is InChI=1S/C16H23N5O5S/c1-11(14(17)23)18-15(24)12-10-27-16(19-12)21-5-3-20(4-6-21)13(22)9-26-8-7-25-2/h10H,1,3-9H2,2H3,(H2,17,23)(H,18,24). The largest absolute Gasteiger partial charge is 0.382 e. The van der Waals surface area contributed by atoms with Crippen LogP contribution in [0.3, 0.4) is 0 Å². The van der Waals surface area contributed by atoms with Crippen molar-refractivity contribution in [1.82, 2.24) is 15.2 Å². The lowest BCUT2D eigenvalue weighted by atomic mass is 10.3. The third-order valence-electron chi connectivity index (χ3n) is 3.85. The highest BCUT2D eigenvalue weighted by atomic mass is 32.1. The highest BCUT2D eigenvalue weighted by molar-refractivity contribution is 7.13. The van der Waals surface area contributed by atoms with Crippen LogP contribution in [0.25, 0.3) is 0 Å². The van der Waals surface area contributed by atoms with E-state index in [-0.39, 0.29) is 23.9 Å². The summed E-state index contributed by atoms with van der Waals surface area (Å²) in [6.45, 7) is 6.55. The maximum Gasteiger partial charge on any atom is 0.275 e. The van der Waals surface area contributed by atoms with E-state index < -0.39 is 11.8 Å². The Kier molecular flexibility index (Phi) is 7.70. The number of nitrogens with zero attached hydrogens (tertiary/aromatic N) is 3. The van der Waals surface area contributed by atoms with Gasteiger partial charge in [0.05, 0.1) is 18.9 Å². The van der Waals surface area contributed by atoms with Gasteiger partial charge in [-0.3, -0.25) is 14.4 Å². The fraction of sp³-hybridized carbons (Fsp3) is 0.500. The van der Waals surface area contributed by atoms with Crippen LogP contribution in [0.4, 0.5) is 5.13 Å². The molecule has 11 heteroatoms. The molecular weight excluding hydrogens is 374 g/mol. The van der Waals surface area contributed by atoms with Crippen LogP contribution < -0.4 is 16.0 Å². The molecule has 1 aliphatic rings. The summed E-state index contributed by atoms with van der Waals surface area (Å²) >= 11 is 1.31. The lowest BCUT2D eigenvalue weighted by Crippen LogP contribution is -2.49. The second-order valence-corrected chi connectivity index (χ2v) is 6.56. The number of nitrogens with one attached hydrogen (secondary N) is 1. The molecule has 1 aliphatic heterocycles. The van der Waals surface area contributed by atoms with Gasteiger partial charge in [0.25, 0.3) is 11.8 Å². The first kappa shape index (κ1) is 20.8. The zero-order valence-electron chi connectivity index (χ0n) is 15.1. The summed E-state index contributed by atoms with van der Waals surface area (Å²) in [6.07, 6.45) is 0. The zero-order valence-corrected chi connectivity index (χ0v) is 15.9. The van der Waals surface area contributed by atoms with Crippen molar-refractivity contribution >= 4 is 34.2 Å². The number of methoxy groups -OCH3 is 1. The molecule has 0 saturated carbocycles. The highest BCUT2D eigenvalue weighted by Gasteiger charge is 2.23. The minimum Gasteiger partial charge on any atom is -0.382 e. The summed E-state index contributed by atoms with van der Waals surface area (Å²) < 4.78 is 10.1. The van der Waals surface area contributed by atoms with Crippen molar-refractivity contribution in [3.05, 3.63) is 23.3 Å². The van der Waals surface area contributed by atoms with Gasteiger partial charge in [0.1, 0.15) is 12.3 Å². The van der Waals surface area contributed by atoms with E-state index in [1.54, 1.807) is 17.4 Å². The van der Waals surface area contributed by atoms with Crippen molar-refractivity contribution in [2.24, 2.45) is 5.73 Å². The monoisotopic (exact) mass is 397 g/mol. The van der Waals surface area contributed by atoms with Gasteiger partial charge >= 0.3 is 0 Å². The number of hydrogen-bond donors (Lipinski definition) is 2. The molecule has 1 aromatic rings. The Morgan fingerprint density at radius 3 is 2.63 bits per heavy atom. The molecule has 0 aliphatic carbocycles. The molecule has 148 valence electrons. The Bertz CT molecular complexity index is 699. The molecule has 0 atom stereocenters. The van der Waals surface area contributed by atoms with Crippen LogP contribution in [0.5, 0.6) is 0 Å². The molecule has 0 unspecified atom stereocenters. The minimum absolute atomic E-state index is 0.0364. The SMILES string of the molecule is C=C(NC(=O)c1csc(N2CCN(C(=O)COCCOC)CC2)n1)C(N)=O. The lowest BCUT2D eigenvalue weighted by molar-refractivity contribution is -0.136. The number of primary amides is 1. The molecule has 2 heterocycles. The van der Waals surface area contributed by atoms with Crippen LogP contribution in [0, 0.1) is 0 Å².